The Morgan fingerprint density at radius 2 is 1.88 bits per heavy atom. The van der Waals surface area contributed by atoms with Crippen molar-refractivity contribution < 1.29 is 13.9 Å². The Morgan fingerprint density at radius 3 is 2.65 bits per heavy atom. The molecule has 0 spiro atoms. The highest BCUT2D eigenvalue weighted by Crippen LogP contribution is 2.30. The molecule has 0 aliphatic rings. The molecule has 1 heterocycles. The standard InChI is InChI=1S/C19H19FN4O2/c1-25-14-7-8-16(17(11-14)26-2)23-19-21-10-9-18(24-19)22-12-13-5-3-4-6-15(13)20/h3-11H,12H2,1-2H3,(H2,21,22,23,24). The van der Waals surface area contributed by atoms with Crippen molar-refractivity contribution in [1.29, 1.82) is 0 Å². The highest BCUT2D eigenvalue weighted by atomic mass is 19.1. The van der Waals surface area contributed by atoms with Crippen LogP contribution in [0.3, 0.4) is 0 Å². The molecule has 7 heteroatoms. The van der Waals surface area contributed by atoms with Gasteiger partial charge in [-0.05, 0) is 24.3 Å². The van der Waals surface area contributed by atoms with E-state index in [9.17, 15) is 4.39 Å². The van der Waals surface area contributed by atoms with Crippen LogP contribution in [0.15, 0.2) is 54.7 Å². The predicted octanol–water partition coefficient (Wildman–Crippen LogP) is 3.99. The Morgan fingerprint density at radius 1 is 1.04 bits per heavy atom. The molecule has 0 aliphatic heterocycles. The van der Waals surface area contributed by atoms with Crippen LogP contribution >= 0.6 is 0 Å². The number of nitrogens with zero attached hydrogens (tertiary/aromatic N) is 2. The van der Waals surface area contributed by atoms with Crippen LogP contribution in [0.25, 0.3) is 0 Å². The van der Waals surface area contributed by atoms with E-state index < -0.39 is 0 Å². The van der Waals surface area contributed by atoms with Crippen LogP contribution < -0.4 is 20.1 Å². The molecule has 3 rings (SSSR count). The monoisotopic (exact) mass is 354 g/mol. The van der Waals surface area contributed by atoms with Gasteiger partial charge in [-0.15, -0.1) is 0 Å². The van der Waals surface area contributed by atoms with E-state index in [1.807, 2.05) is 12.1 Å². The van der Waals surface area contributed by atoms with Gasteiger partial charge in [0, 0.05) is 24.4 Å². The third kappa shape index (κ3) is 4.18. The summed E-state index contributed by atoms with van der Waals surface area (Å²) in [7, 11) is 3.17. The van der Waals surface area contributed by atoms with Crippen molar-refractivity contribution in [1.82, 2.24) is 9.97 Å². The lowest BCUT2D eigenvalue weighted by Gasteiger charge is -2.12. The number of methoxy groups -OCH3 is 2. The predicted molar refractivity (Wildman–Crippen MR) is 98.6 cm³/mol. The molecule has 0 saturated heterocycles. The Labute approximate surface area is 151 Å². The molecule has 0 radical (unpaired) electrons. The molecule has 26 heavy (non-hydrogen) atoms. The van der Waals surface area contributed by atoms with Gasteiger partial charge in [0.25, 0.3) is 0 Å². The molecule has 0 amide bonds. The lowest BCUT2D eigenvalue weighted by atomic mass is 10.2. The van der Waals surface area contributed by atoms with Crippen LogP contribution in [-0.2, 0) is 6.54 Å². The van der Waals surface area contributed by atoms with Crippen LogP contribution in [0.1, 0.15) is 5.56 Å². The molecule has 0 bridgehead atoms. The minimum atomic E-state index is -0.254. The third-order valence-corrected chi connectivity index (χ3v) is 3.73. The molecule has 0 saturated carbocycles. The van der Waals surface area contributed by atoms with Gasteiger partial charge in [0.15, 0.2) is 0 Å². The van der Waals surface area contributed by atoms with Crippen molar-refractivity contribution in [3.8, 4) is 11.5 Å². The number of nitrogens with one attached hydrogen (secondary N) is 2. The third-order valence-electron chi connectivity index (χ3n) is 3.73. The van der Waals surface area contributed by atoms with E-state index in [2.05, 4.69) is 20.6 Å². The summed E-state index contributed by atoms with van der Waals surface area (Å²) in [6, 6.07) is 13.7. The molecule has 0 fully saturated rings. The SMILES string of the molecule is COc1ccc(Nc2nccc(NCc3ccccc3F)n2)c(OC)c1. The van der Waals surface area contributed by atoms with E-state index in [0.29, 0.717) is 41.1 Å². The second-order valence-electron chi connectivity index (χ2n) is 5.40. The van der Waals surface area contributed by atoms with E-state index in [0.717, 1.165) is 0 Å². The first kappa shape index (κ1) is 17.5. The summed E-state index contributed by atoms with van der Waals surface area (Å²) in [4.78, 5) is 8.59. The van der Waals surface area contributed by atoms with Crippen molar-refractivity contribution in [2.24, 2.45) is 0 Å². The number of benzene rings is 2. The summed E-state index contributed by atoms with van der Waals surface area (Å²) in [6.45, 7) is 0.328. The number of anilines is 3. The van der Waals surface area contributed by atoms with Crippen LogP contribution in [-0.4, -0.2) is 24.2 Å². The van der Waals surface area contributed by atoms with Gasteiger partial charge in [-0.1, -0.05) is 18.2 Å². The second-order valence-corrected chi connectivity index (χ2v) is 5.40. The van der Waals surface area contributed by atoms with E-state index in [-0.39, 0.29) is 5.82 Å². The normalized spacial score (nSPS) is 10.3. The molecule has 2 aromatic carbocycles. The van der Waals surface area contributed by atoms with Crippen molar-refractivity contribution in [2.45, 2.75) is 6.54 Å². The van der Waals surface area contributed by atoms with E-state index in [1.165, 1.54) is 6.07 Å². The Hall–Kier alpha value is -3.35. The molecule has 6 nitrogen and oxygen atoms in total. The number of hydrogen-bond acceptors (Lipinski definition) is 6. The first-order valence-electron chi connectivity index (χ1n) is 7.99. The number of ether oxygens (including phenoxy) is 2. The van der Waals surface area contributed by atoms with Gasteiger partial charge in [-0.2, -0.15) is 4.98 Å². The van der Waals surface area contributed by atoms with Crippen molar-refractivity contribution in [3.05, 3.63) is 66.1 Å². The Balaban J connectivity index is 1.72. The van der Waals surface area contributed by atoms with Crippen molar-refractivity contribution in [2.75, 3.05) is 24.9 Å². The maximum Gasteiger partial charge on any atom is 0.229 e. The van der Waals surface area contributed by atoms with Gasteiger partial charge < -0.3 is 20.1 Å². The molecule has 0 atom stereocenters. The molecule has 1 aromatic heterocycles. The summed E-state index contributed by atoms with van der Waals surface area (Å²) >= 11 is 0. The van der Waals surface area contributed by atoms with Crippen LogP contribution in [0.4, 0.5) is 21.8 Å². The van der Waals surface area contributed by atoms with Gasteiger partial charge in [-0.25, -0.2) is 9.37 Å². The number of hydrogen-bond donors (Lipinski definition) is 2. The summed E-state index contributed by atoms with van der Waals surface area (Å²) in [5, 5.41) is 6.20. The quantitative estimate of drug-likeness (QED) is 0.669. The summed E-state index contributed by atoms with van der Waals surface area (Å²) in [6.07, 6.45) is 1.62. The Kier molecular flexibility index (Phi) is 5.48. The minimum Gasteiger partial charge on any atom is -0.497 e. The maximum atomic E-state index is 13.7. The highest BCUT2D eigenvalue weighted by Gasteiger charge is 2.08. The number of halogens is 1. The van der Waals surface area contributed by atoms with Crippen molar-refractivity contribution >= 4 is 17.5 Å². The summed E-state index contributed by atoms with van der Waals surface area (Å²) in [5.74, 6) is 2.02. The lowest BCUT2D eigenvalue weighted by Crippen LogP contribution is -2.05. The minimum absolute atomic E-state index is 0.254. The molecule has 0 aliphatic carbocycles. The second kappa shape index (κ2) is 8.15. The van der Waals surface area contributed by atoms with E-state index >= 15 is 0 Å². The first-order valence-corrected chi connectivity index (χ1v) is 7.99. The fourth-order valence-electron chi connectivity index (χ4n) is 2.37. The van der Waals surface area contributed by atoms with E-state index in [1.54, 1.807) is 50.7 Å². The first-order chi connectivity index (χ1) is 12.7. The van der Waals surface area contributed by atoms with Gasteiger partial charge in [0.1, 0.15) is 23.1 Å². The van der Waals surface area contributed by atoms with Crippen molar-refractivity contribution in [3.63, 3.8) is 0 Å². The largest absolute Gasteiger partial charge is 0.497 e. The van der Waals surface area contributed by atoms with Crippen LogP contribution in [0.5, 0.6) is 11.5 Å². The molecular formula is C19H19FN4O2. The summed E-state index contributed by atoms with van der Waals surface area (Å²) in [5.41, 5.74) is 1.27. The molecular weight excluding hydrogens is 335 g/mol. The fourth-order valence-corrected chi connectivity index (χ4v) is 2.37. The lowest BCUT2D eigenvalue weighted by molar-refractivity contribution is 0.395. The average Bonchev–Trinajstić information content (AvgIpc) is 2.68. The van der Waals surface area contributed by atoms with Gasteiger partial charge in [0.05, 0.1) is 19.9 Å². The highest BCUT2D eigenvalue weighted by molar-refractivity contribution is 5.64. The van der Waals surface area contributed by atoms with Crippen LogP contribution in [0.2, 0.25) is 0 Å². The zero-order valence-electron chi connectivity index (χ0n) is 14.5. The maximum absolute atomic E-state index is 13.7. The fraction of sp³-hybridized carbons (Fsp3) is 0.158. The molecule has 3 aromatic rings. The zero-order valence-corrected chi connectivity index (χ0v) is 14.5. The zero-order chi connectivity index (χ0) is 18.4. The molecule has 134 valence electrons. The van der Waals surface area contributed by atoms with Gasteiger partial charge in [0.2, 0.25) is 5.95 Å². The topological polar surface area (TPSA) is 68.3 Å². The smallest absolute Gasteiger partial charge is 0.229 e. The van der Waals surface area contributed by atoms with E-state index in [4.69, 9.17) is 9.47 Å². The molecule has 0 unspecified atom stereocenters. The van der Waals surface area contributed by atoms with Gasteiger partial charge >= 0.3 is 0 Å². The molecule has 2 N–H and O–H groups in total. The van der Waals surface area contributed by atoms with Crippen LogP contribution in [0, 0.1) is 5.82 Å². The number of aromatic nitrogens is 2. The summed E-state index contributed by atoms with van der Waals surface area (Å²) < 4.78 is 24.2. The Bertz CT molecular complexity index is 889. The van der Waals surface area contributed by atoms with Gasteiger partial charge in [-0.3, -0.25) is 0 Å². The average molecular weight is 354 g/mol. The number of rotatable bonds is 7.